The highest BCUT2D eigenvalue weighted by Crippen LogP contribution is 2.29. The van der Waals surface area contributed by atoms with Crippen molar-refractivity contribution in [2.75, 3.05) is 11.1 Å². The van der Waals surface area contributed by atoms with Crippen LogP contribution < -0.4 is 11.1 Å². The zero-order valence-corrected chi connectivity index (χ0v) is 7.66. The molecule has 0 atom stereocenters. The number of aromatic nitrogens is 1. The molecule has 1 aliphatic carbocycles. The van der Waals surface area contributed by atoms with Gasteiger partial charge in [-0.2, -0.15) is 0 Å². The molecule has 0 saturated heterocycles. The zero-order chi connectivity index (χ0) is 9.54. The molecule has 1 aromatic carbocycles. The van der Waals surface area contributed by atoms with E-state index in [-0.39, 0.29) is 0 Å². The first-order valence-corrected chi connectivity index (χ1v) is 4.74. The Hall–Kier alpha value is -1.71. The molecule has 1 heterocycles. The van der Waals surface area contributed by atoms with Gasteiger partial charge in [0.15, 0.2) is 11.4 Å². The molecule has 3 rings (SSSR count). The molecule has 0 amide bonds. The highest BCUT2D eigenvalue weighted by atomic mass is 16.5. The molecular formula is C10H11N3O. The lowest BCUT2D eigenvalue weighted by Gasteiger charge is -1.97. The number of benzene rings is 1. The SMILES string of the molecule is Nc1ccc2c(NC3CC3)noc2c1. The van der Waals surface area contributed by atoms with Gasteiger partial charge in [0.05, 0.1) is 5.39 Å². The van der Waals surface area contributed by atoms with E-state index in [0.29, 0.717) is 11.7 Å². The van der Waals surface area contributed by atoms with Crippen molar-refractivity contribution in [2.24, 2.45) is 0 Å². The largest absolute Gasteiger partial charge is 0.399 e. The van der Waals surface area contributed by atoms with Gasteiger partial charge in [-0.05, 0) is 25.0 Å². The van der Waals surface area contributed by atoms with Crippen LogP contribution in [-0.4, -0.2) is 11.2 Å². The molecule has 0 spiro atoms. The van der Waals surface area contributed by atoms with Crippen LogP contribution in [0.3, 0.4) is 0 Å². The fourth-order valence-electron chi connectivity index (χ4n) is 1.48. The Morgan fingerprint density at radius 3 is 3.07 bits per heavy atom. The second kappa shape index (κ2) is 2.64. The molecular weight excluding hydrogens is 178 g/mol. The van der Waals surface area contributed by atoms with Gasteiger partial charge in [0, 0.05) is 17.8 Å². The summed E-state index contributed by atoms with van der Waals surface area (Å²) in [5.41, 5.74) is 7.08. The van der Waals surface area contributed by atoms with Crippen molar-refractivity contribution in [3.8, 4) is 0 Å². The van der Waals surface area contributed by atoms with Crippen LogP contribution >= 0.6 is 0 Å². The first kappa shape index (κ1) is 7.67. The smallest absolute Gasteiger partial charge is 0.177 e. The number of nitrogens with two attached hydrogens (primary N) is 1. The monoisotopic (exact) mass is 189 g/mol. The van der Waals surface area contributed by atoms with Crippen molar-refractivity contribution in [1.82, 2.24) is 5.16 Å². The van der Waals surface area contributed by atoms with Crippen molar-refractivity contribution in [3.63, 3.8) is 0 Å². The van der Waals surface area contributed by atoms with Gasteiger partial charge in [-0.3, -0.25) is 0 Å². The number of hydrogen-bond donors (Lipinski definition) is 2. The maximum atomic E-state index is 5.64. The topological polar surface area (TPSA) is 64.1 Å². The molecule has 4 nitrogen and oxygen atoms in total. The third kappa shape index (κ3) is 1.19. The molecule has 0 bridgehead atoms. The van der Waals surface area contributed by atoms with Crippen LogP contribution in [0.2, 0.25) is 0 Å². The van der Waals surface area contributed by atoms with E-state index in [9.17, 15) is 0 Å². The van der Waals surface area contributed by atoms with Gasteiger partial charge in [0.1, 0.15) is 0 Å². The van der Waals surface area contributed by atoms with Crippen molar-refractivity contribution < 1.29 is 4.52 Å². The van der Waals surface area contributed by atoms with E-state index < -0.39 is 0 Å². The fraction of sp³-hybridized carbons (Fsp3) is 0.300. The highest BCUT2D eigenvalue weighted by molar-refractivity contribution is 5.90. The summed E-state index contributed by atoms with van der Waals surface area (Å²) in [7, 11) is 0. The van der Waals surface area contributed by atoms with Crippen LogP contribution in [-0.2, 0) is 0 Å². The van der Waals surface area contributed by atoms with Crippen molar-refractivity contribution >= 4 is 22.5 Å². The lowest BCUT2D eigenvalue weighted by Crippen LogP contribution is -2.00. The van der Waals surface area contributed by atoms with Crippen LogP contribution in [0.25, 0.3) is 11.0 Å². The minimum Gasteiger partial charge on any atom is -0.399 e. The van der Waals surface area contributed by atoms with Crippen LogP contribution in [0.1, 0.15) is 12.8 Å². The summed E-state index contributed by atoms with van der Waals surface area (Å²) in [6.45, 7) is 0. The summed E-state index contributed by atoms with van der Waals surface area (Å²) in [4.78, 5) is 0. The highest BCUT2D eigenvalue weighted by Gasteiger charge is 2.23. The molecule has 0 radical (unpaired) electrons. The number of nitrogen functional groups attached to an aromatic ring is 1. The minimum atomic E-state index is 0.584. The quantitative estimate of drug-likeness (QED) is 0.709. The maximum Gasteiger partial charge on any atom is 0.177 e. The first-order valence-electron chi connectivity index (χ1n) is 4.74. The molecule has 0 unspecified atom stereocenters. The van der Waals surface area contributed by atoms with Crippen molar-refractivity contribution in [1.29, 1.82) is 0 Å². The van der Waals surface area contributed by atoms with Crippen LogP contribution in [0.4, 0.5) is 11.5 Å². The Kier molecular flexibility index (Phi) is 1.45. The number of nitrogens with zero attached hydrogens (tertiary/aromatic N) is 1. The lowest BCUT2D eigenvalue weighted by molar-refractivity contribution is 0.459. The van der Waals surface area contributed by atoms with Crippen LogP contribution in [0.15, 0.2) is 22.7 Å². The van der Waals surface area contributed by atoms with Gasteiger partial charge in [0.2, 0.25) is 0 Å². The number of hydrogen-bond acceptors (Lipinski definition) is 4. The van der Waals surface area contributed by atoms with Crippen molar-refractivity contribution in [2.45, 2.75) is 18.9 Å². The zero-order valence-electron chi connectivity index (χ0n) is 7.66. The number of rotatable bonds is 2. The van der Waals surface area contributed by atoms with E-state index in [1.54, 1.807) is 6.07 Å². The molecule has 1 fully saturated rings. The lowest BCUT2D eigenvalue weighted by atomic mass is 10.2. The van der Waals surface area contributed by atoms with Crippen LogP contribution in [0, 0.1) is 0 Å². The normalized spacial score (nSPS) is 16.0. The Morgan fingerprint density at radius 2 is 2.29 bits per heavy atom. The maximum absolute atomic E-state index is 5.64. The second-order valence-corrected chi connectivity index (χ2v) is 3.71. The van der Waals surface area contributed by atoms with Gasteiger partial charge < -0.3 is 15.6 Å². The van der Waals surface area contributed by atoms with Gasteiger partial charge in [-0.25, -0.2) is 0 Å². The average Bonchev–Trinajstić information content (AvgIpc) is 2.89. The Bertz CT molecular complexity index is 473. The van der Waals surface area contributed by atoms with Gasteiger partial charge in [-0.1, -0.05) is 5.16 Å². The molecule has 0 aliphatic heterocycles. The predicted molar refractivity (Wildman–Crippen MR) is 55.1 cm³/mol. The molecule has 14 heavy (non-hydrogen) atoms. The second-order valence-electron chi connectivity index (χ2n) is 3.71. The Labute approximate surface area is 81.1 Å². The fourth-order valence-corrected chi connectivity index (χ4v) is 1.48. The van der Waals surface area contributed by atoms with E-state index in [2.05, 4.69) is 10.5 Å². The van der Waals surface area contributed by atoms with E-state index in [1.807, 2.05) is 12.1 Å². The van der Waals surface area contributed by atoms with Gasteiger partial charge in [-0.15, -0.1) is 0 Å². The Morgan fingerprint density at radius 1 is 1.43 bits per heavy atom. The van der Waals surface area contributed by atoms with E-state index in [4.69, 9.17) is 10.3 Å². The predicted octanol–water partition coefficient (Wildman–Crippen LogP) is 1.98. The number of fused-ring (bicyclic) bond motifs is 1. The molecule has 1 aromatic heterocycles. The number of nitrogens with one attached hydrogen (secondary N) is 1. The standard InChI is InChI=1S/C10H11N3O/c11-6-1-4-8-9(5-6)14-13-10(8)12-7-2-3-7/h1,4-5,7H,2-3,11H2,(H,12,13). The van der Waals surface area contributed by atoms with E-state index in [0.717, 1.165) is 16.8 Å². The molecule has 2 aromatic rings. The average molecular weight is 189 g/mol. The third-order valence-corrected chi connectivity index (χ3v) is 2.41. The molecule has 3 N–H and O–H groups in total. The third-order valence-electron chi connectivity index (χ3n) is 2.41. The Balaban J connectivity index is 2.06. The first-order chi connectivity index (χ1) is 6.83. The summed E-state index contributed by atoms with van der Waals surface area (Å²) in [5.74, 6) is 0.836. The summed E-state index contributed by atoms with van der Waals surface area (Å²) >= 11 is 0. The summed E-state index contributed by atoms with van der Waals surface area (Å²) in [6, 6.07) is 6.17. The van der Waals surface area contributed by atoms with Crippen LogP contribution in [0.5, 0.6) is 0 Å². The summed E-state index contributed by atoms with van der Waals surface area (Å²) in [6.07, 6.45) is 2.45. The van der Waals surface area contributed by atoms with Gasteiger partial charge in [0.25, 0.3) is 0 Å². The molecule has 4 heteroatoms. The van der Waals surface area contributed by atoms with E-state index in [1.165, 1.54) is 12.8 Å². The summed E-state index contributed by atoms with van der Waals surface area (Å²) in [5, 5.41) is 8.29. The molecule has 72 valence electrons. The van der Waals surface area contributed by atoms with Crippen molar-refractivity contribution in [3.05, 3.63) is 18.2 Å². The van der Waals surface area contributed by atoms with E-state index >= 15 is 0 Å². The number of anilines is 2. The molecule has 1 aliphatic rings. The minimum absolute atomic E-state index is 0.584. The molecule has 1 saturated carbocycles. The summed E-state index contributed by atoms with van der Waals surface area (Å²) < 4.78 is 5.17. The van der Waals surface area contributed by atoms with Gasteiger partial charge >= 0.3 is 0 Å².